The van der Waals surface area contributed by atoms with Crippen molar-refractivity contribution < 1.29 is 19.0 Å². The molecule has 3 aromatic rings. The van der Waals surface area contributed by atoms with E-state index in [9.17, 15) is 4.79 Å². The van der Waals surface area contributed by atoms with E-state index in [2.05, 4.69) is 9.97 Å². The molecule has 0 spiro atoms. The van der Waals surface area contributed by atoms with E-state index in [1.807, 2.05) is 42.3 Å². The lowest BCUT2D eigenvalue weighted by Gasteiger charge is -2.32. The molecule has 32 heavy (non-hydrogen) atoms. The number of nitrogens with zero attached hydrogens (tertiary/aromatic N) is 3. The van der Waals surface area contributed by atoms with Gasteiger partial charge in [0.1, 0.15) is 17.3 Å². The highest BCUT2D eigenvalue weighted by Crippen LogP contribution is 2.30. The molecule has 1 N–H and O–H groups in total. The Morgan fingerprint density at radius 3 is 2.75 bits per heavy atom. The van der Waals surface area contributed by atoms with Gasteiger partial charge in [0.2, 0.25) is 0 Å². The van der Waals surface area contributed by atoms with Crippen molar-refractivity contribution in [1.29, 1.82) is 0 Å². The molecule has 1 saturated heterocycles. The molecule has 0 unspecified atom stereocenters. The van der Waals surface area contributed by atoms with Crippen LogP contribution < -0.4 is 4.74 Å². The van der Waals surface area contributed by atoms with Crippen LogP contribution in [0.4, 0.5) is 0 Å². The van der Waals surface area contributed by atoms with Crippen molar-refractivity contribution in [2.45, 2.75) is 32.3 Å². The number of hydrogen-bond donors (Lipinski definition) is 1. The molecule has 4 rings (SSSR count). The number of H-pyrrole nitrogens is 1. The molecule has 1 amide bonds. The number of aromatic amines is 1. The van der Waals surface area contributed by atoms with Gasteiger partial charge in [-0.15, -0.1) is 0 Å². The van der Waals surface area contributed by atoms with Gasteiger partial charge in [-0.1, -0.05) is 0 Å². The van der Waals surface area contributed by atoms with E-state index < -0.39 is 0 Å². The number of benzene rings is 1. The zero-order chi connectivity index (χ0) is 22.5. The molecule has 1 aliphatic rings. The summed E-state index contributed by atoms with van der Waals surface area (Å²) in [5.74, 6) is 1.85. The molecule has 0 radical (unpaired) electrons. The fourth-order valence-electron chi connectivity index (χ4n) is 4.18. The fourth-order valence-corrected chi connectivity index (χ4v) is 4.18. The van der Waals surface area contributed by atoms with E-state index in [0.29, 0.717) is 38.6 Å². The molecular formula is C24H30N4O4. The van der Waals surface area contributed by atoms with Gasteiger partial charge < -0.3 is 24.1 Å². The van der Waals surface area contributed by atoms with Crippen LogP contribution in [0.3, 0.4) is 0 Å². The zero-order valence-electron chi connectivity index (χ0n) is 18.9. The second kappa shape index (κ2) is 10.1. The van der Waals surface area contributed by atoms with Gasteiger partial charge in [0.15, 0.2) is 0 Å². The van der Waals surface area contributed by atoms with Crippen LogP contribution in [0.15, 0.2) is 30.5 Å². The van der Waals surface area contributed by atoms with Gasteiger partial charge in [0, 0.05) is 48.8 Å². The Bertz CT molecular complexity index is 1070. The fraction of sp³-hybridized carbons (Fsp3) is 0.458. The first-order chi connectivity index (χ1) is 15.6. The van der Waals surface area contributed by atoms with E-state index >= 15 is 0 Å². The van der Waals surface area contributed by atoms with Crippen LogP contribution in [-0.4, -0.2) is 66.3 Å². The molecule has 8 heteroatoms. The van der Waals surface area contributed by atoms with Crippen LogP contribution >= 0.6 is 0 Å². The molecule has 3 heterocycles. The van der Waals surface area contributed by atoms with Gasteiger partial charge in [-0.05, 0) is 44.0 Å². The van der Waals surface area contributed by atoms with Gasteiger partial charge in [-0.2, -0.15) is 0 Å². The summed E-state index contributed by atoms with van der Waals surface area (Å²) >= 11 is 0. The predicted octanol–water partition coefficient (Wildman–Crippen LogP) is 3.46. The normalized spacial score (nSPS) is 14.8. The zero-order valence-corrected chi connectivity index (χ0v) is 18.9. The number of carbonyl (C=O) groups is 1. The average Bonchev–Trinajstić information content (AvgIpc) is 3.25. The molecule has 8 nitrogen and oxygen atoms in total. The highest BCUT2D eigenvalue weighted by molar-refractivity contribution is 5.98. The number of rotatable bonds is 8. The number of amides is 1. The van der Waals surface area contributed by atoms with Crippen LogP contribution in [-0.2, 0) is 16.1 Å². The summed E-state index contributed by atoms with van der Waals surface area (Å²) in [6.45, 7) is 4.85. The standard InChI is InChI=1S/C24H30N4O4/c1-16-25-14-19(15-32-11-10-30-2)23(26-16)17-6-8-28(9-7-17)24(29)22-13-18-12-20(31-3)4-5-21(18)27-22/h4-5,12-14,17,27H,6-11,15H2,1-3H3. The average molecular weight is 439 g/mol. The molecule has 170 valence electrons. The third kappa shape index (κ3) is 4.92. The summed E-state index contributed by atoms with van der Waals surface area (Å²) in [6.07, 6.45) is 3.59. The quantitative estimate of drug-likeness (QED) is 0.542. The van der Waals surface area contributed by atoms with Gasteiger partial charge in [-0.25, -0.2) is 9.97 Å². The largest absolute Gasteiger partial charge is 0.497 e. The van der Waals surface area contributed by atoms with Gasteiger partial charge in [-0.3, -0.25) is 4.79 Å². The van der Waals surface area contributed by atoms with Crippen molar-refractivity contribution in [1.82, 2.24) is 19.9 Å². The minimum atomic E-state index is 0.0283. The van der Waals surface area contributed by atoms with Gasteiger partial charge in [0.25, 0.3) is 5.91 Å². The number of methoxy groups -OCH3 is 2. The number of carbonyl (C=O) groups excluding carboxylic acids is 1. The van der Waals surface area contributed by atoms with Crippen molar-refractivity contribution in [3.8, 4) is 5.75 Å². The lowest BCUT2D eigenvalue weighted by molar-refractivity contribution is 0.0604. The topological polar surface area (TPSA) is 89.6 Å². The van der Waals surface area contributed by atoms with Gasteiger partial charge >= 0.3 is 0 Å². The number of likely N-dealkylation sites (tertiary alicyclic amines) is 1. The van der Waals surface area contributed by atoms with Crippen molar-refractivity contribution in [3.63, 3.8) is 0 Å². The van der Waals surface area contributed by atoms with Gasteiger partial charge in [0.05, 0.1) is 32.6 Å². The monoisotopic (exact) mass is 438 g/mol. The predicted molar refractivity (Wildman–Crippen MR) is 121 cm³/mol. The van der Waals surface area contributed by atoms with E-state index in [0.717, 1.165) is 46.6 Å². The summed E-state index contributed by atoms with van der Waals surface area (Å²) in [4.78, 5) is 27.3. The molecule has 1 fully saturated rings. The summed E-state index contributed by atoms with van der Waals surface area (Å²) in [7, 11) is 3.30. The van der Waals surface area contributed by atoms with E-state index in [1.54, 1.807) is 14.2 Å². The first-order valence-electron chi connectivity index (χ1n) is 10.9. The molecule has 0 saturated carbocycles. The Labute approximate surface area is 187 Å². The third-order valence-electron chi connectivity index (χ3n) is 5.94. The maximum Gasteiger partial charge on any atom is 0.270 e. The number of piperidine rings is 1. The maximum absolute atomic E-state index is 13.1. The minimum Gasteiger partial charge on any atom is -0.497 e. The van der Waals surface area contributed by atoms with Crippen molar-refractivity contribution in [2.24, 2.45) is 0 Å². The minimum absolute atomic E-state index is 0.0283. The number of aryl methyl sites for hydroxylation is 1. The second-order valence-corrected chi connectivity index (χ2v) is 8.08. The Morgan fingerprint density at radius 2 is 2.00 bits per heavy atom. The van der Waals surface area contributed by atoms with Crippen LogP contribution in [0.2, 0.25) is 0 Å². The summed E-state index contributed by atoms with van der Waals surface area (Å²) in [6, 6.07) is 7.65. The summed E-state index contributed by atoms with van der Waals surface area (Å²) in [5.41, 5.74) is 3.59. The Balaban J connectivity index is 1.42. The van der Waals surface area contributed by atoms with Crippen molar-refractivity contribution in [3.05, 3.63) is 53.2 Å². The Hall–Kier alpha value is -2.97. The van der Waals surface area contributed by atoms with Crippen molar-refractivity contribution in [2.75, 3.05) is 40.5 Å². The smallest absolute Gasteiger partial charge is 0.270 e. The first kappa shape index (κ1) is 22.2. The van der Waals surface area contributed by atoms with E-state index in [1.165, 1.54) is 0 Å². The molecule has 0 bridgehead atoms. The molecule has 0 atom stereocenters. The van der Waals surface area contributed by atoms with Crippen LogP contribution in [0.5, 0.6) is 5.75 Å². The lowest BCUT2D eigenvalue weighted by Crippen LogP contribution is -2.38. The van der Waals surface area contributed by atoms with Crippen molar-refractivity contribution >= 4 is 16.8 Å². The SMILES string of the molecule is COCCOCc1cnc(C)nc1C1CCN(C(=O)c2cc3cc(OC)ccc3[nH]2)CC1. The molecule has 2 aromatic heterocycles. The highest BCUT2D eigenvalue weighted by Gasteiger charge is 2.28. The second-order valence-electron chi connectivity index (χ2n) is 8.08. The first-order valence-corrected chi connectivity index (χ1v) is 10.9. The van der Waals surface area contributed by atoms with E-state index in [4.69, 9.17) is 19.2 Å². The molecule has 0 aliphatic carbocycles. The third-order valence-corrected chi connectivity index (χ3v) is 5.94. The number of ether oxygens (including phenoxy) is 3. The molecule has 1 aromatic carbocycles. The number of hydrogen-bond acceptors (Lipinski definition) is 6. The number of aromatic nitrogens is 3. The van der Waals surface area contributed by atoms with Crippen LogP contribution in [0, 0.1) is 6.92 Å². The van der Waals surface area contributed by atoms with Crippen LogP contribution in [0.1, 0.15) is 46.3 Å². The number of fused-ring (bicyclic) bond motifs is 1. The summed E-state index contributed by atoms with van der Waals surface area (Å²) < 4.78 is 16.0. The lowest BCUT2D eigenvalue weighted by atomic mass is 9.90. The molecule has 1 aliphatic heterocycles. The molecular weight excluding hydrogens is 408 g/mol. The summed E-state index contributed by atoms with van der Waals surface area (Å²) in [5, 5.41) is 0.970. The van der Waals surface area contributed by atoms with Crippen LogP contribution in [0.25, 0.3) is 10.9 Å². The highest BCUT2D eigenvalue weighted by atomic mass is 16.5. The number of nitrogens with one attached hydrogen (secondary N) is 1. The van der Waals surface area contributed by atoms with E-state index in [-0.39, 0.29) is 11.8 Å². The Morgan fingerprint density at radius 1 is 1.19 bits per heavy atom. The Kier molecular flexibility index (Phi) is 7.02. The maximum atomic E-state index is 13.1.